The summed E-state index contributed by atoms with van der Waals surface area (Å²) in [7, 11) is 0. The molecule has 1 aromatic carbocycles. The normalized spacial score (nSPS) is 10.4. The molecule has 2 aromatic rings. The van der Waals surface area contributed by atoms with Gasteiger partial charge in [0.1, 0.15) is 22.4 Å². The number of benzene rings is 1. The molecule has 0 spiro atoms. The Kier molecular flexibility index (Phi) is 3.80. The van der Waals surface area contributed by atoms with Crippen LogP contribution in [0, 0.1) is 6.92 Å². The average Bonchev–Trinajstić information content (AvgIpc) is 2.29. The fourth-order valence-electron chi connectivity index (χ4n) is 1.28. The molecule has 2 rings (SSSR count). The van der Waals surface area contributed by atoms with Crippen LogP contribution in [0.15, 0.2) is 18.2 Å². The van der Waals surface area contributed by atoms with Crippen LogP contribution < -0.4 is 10.5 Å². The topological polar surface area (TPSA) is 61.0 Å². The number of halogens is 3. The number of nitrogens with zero attached hydrogens (tertiary/aromatic N) is 2. The van der Waals surface area contributed by atoms with Crippen LogP contribution in [0.1, 0.15) is 5.82 Å². The second kappa shape index (κ2) is 5.18. The number of hydrogen-bond acceptors (Lipinski definition) is 4. The van der Waals surface area contributed by atoms with Crippen LogP contribution in [0.25, 0.3) is 0 Å². The molecular formula is C11H8Cl3N3O. The molecule has 18 heavy (non-hydrogen) atoms. The first kappa shape index (κ1) is 13.2. The van der Waals surface area contributed by atoms with Crippen LogP contribution in [-0.2, 0) is 0 Å². The van der Waals surface area contributed by atoms with E-state index in [1.54, 1.807) is 25.1 Å². The maximum atomic E-state index is 5.98. The van der Waals surface area contributed by atoms with Crippen molar-refractivity contribution in [2.75, 3.05) is 5.73 Å². The highest BCUT2D eigenvalue weighted by Crippen LogP contribution is 2.35. The molecule has 0 bridgehead atoms. The van der Waals surface area contributed by atoms with E-state index in [2.05, 4.69) is 9.97 Å². The number of aromatic nitrogens is 2. The van der Waals surface area contributed by atoms with Crippen molar-refractivity contribution in [1.29, 1.82) is 0 Å². The second-order valence-electron chi connectivity index (χ2n) is 3.45. The zero-order valence-electron chi connectivity index (χ0n) is 9.25. The summed E-state index contributed by atoms with van der Waals surface area (Å²) >= 11 is 17.7. The molecule has 0 unspecified atom stereocenters. The van der Waals surface area contributed by atoms with Gasteiger partial charge >= 0.3 is 0 Å². The van der Waals surface area contributed by atoms with Crippen molar-refractivity contribution in [2.24, 2.45) is 0 Å². The second-order valence-corrected chi connectivity index (χ2v) is 4.67. The maximum Gasteiger partial charge on any atom is 0.243 e. The SMILES string of the molecule is Cc1nc(N)c(Cl)c(Oc2ccc(Cl)cc2Cl)n1. The number of aryl methyl sites for hydroxylation is 1. The monoisotopic (exact) mass is 303 g/mol. The Labute approximate surface area is 119 Å². The Bertz CT molecular complexity index is 604. The van der Waals surface area contributed by atoms with Crippen LogP contribution >= 0.6 is 34.8 Å². The van der Waals surface area contributed by atoms with Gasteiger partial charge in [0, 0.05) is 5.02 Å². The minimum atomic E-state index is 0.145. The van der Waals surface area contributed by atoms with Crippen molar-refractivity contribution in [2.45, 2.75) is 6.92 Å². The summed E-state index contributed by atoms with van der Waals surface area (Å²) in [5.74, 6) is 1.16. The van der Waals surface area contributed by atoms with Crippen molar-refractivity contribution in [3.8, 4) is 11.6 Å². The largest absolute Gasteiger partial charge is 0.436 e. The summed E-state index contributed by atoms with van der Waals surface area (Å²) in [5.41, 5.74) is 5.62. The molecule has 7 heteroatoms. The molecule has 0 saturated heterocycles. The highest BCUT2D eigenvalue weighted by Gasteiger charge is 2.12. The Hall–Kier alpha value is -1.23. The molecule has 0 aliphatic carbocycles. The molecule has 0 saturated carbocycles. The molecule has 1 aromatic heterocycles. The van der Waals surface area contributed by atoms with Gasteiger partial charge in [-0.25, -0.2) is 4.98 Å². The molecule has 0 atom stereocenters. The van der Waals surface area contributed by atoms with Crippen LogP contribution in [0.4, 0.5) is 5.82 Å². The minimum Gasteiger partial charge on any atom is -0.436 e. The quantitative estimate of drug-likeness (QED) is 0.906. The third-order valence-corrected chi connectivity index (χ3v) is 2.94. The number of hydrogen-bond donors (Lipinski definition) is 1. The molecule has 94 valence electrons. The molecule has 2 N–H and O–H groups in total. The summed E-state index contributed by atoms with van der Waals surface area (Å²) < 4.78 is 5.50. The predicted molar refractivity (Wildman–Crippen MR) is 72.7 cm³/mol. The predicted octanol–water partition coefficient (Wildman–Crippen LogP) is 4.12. The van der Waals surface area contributed by atoms with Crippen LogP contribution in [0.5, 0.6) is 11.6 Å². The van der Waals surface area contributed by atoms with E-state index in [-0.39, 0.29) is 16.7 Å². The molecule has 0 radical (unpaired) electrons. The lowest BCUT2D eigenvalue weighted by Gasteiger charge is -2.09. The standard InChI is InChI=1S/C11H8Cl3N3O/c1-5-16-10(15)9(14)11(17-5)18-8-3-2-6(12)4-7(8)13/h2-4H,1H3,(H2,15,16,17). The highest BCUT2D eigenvalue weighted by molar-refractivity contribution is 6.35. The molecule has 0 aliphatic heterocycles. The lowest BCUT2D eigenvalue weighted by atomic mass is 10.3. The van der Waals surface area contributed by atoms with Crippen molar-refractivity contribution in [3.63, 3.8) is 0 Å². The van der Waals surface area contributed by atoms with Gasteiger partial charge in [-0.15, -0.1) is 0 Å². The van der Waals surface area contributed by atoms with E-state index in [9.17, 15) is 0 Å². The number of rotatable bonds is 2. The van der Waals surface area contributed by atoms with E-state index < -0.39 is 0 Å². The molecule has 1 heterocycles. The van der Waals surface area contributed by atoms with Gasteiger partial charge in [-0.1, -0.05) is 34.8 Å². The maximum absolute atomic E-state index is 5.98. The number of nitrogens with two attached hydrogens (primary N) is 1. The van der Waals surface area contributed by atoms with Gasteiger partial charge in [0.05, 0.1) is 5.02 Å². The highest BCUT2D eigenvalue weighted by atomic mass is 35.5. The van der Waals surface area contributed by atoms with Gasteiger partial charge in [-0.2, -0.15) is 4.98 Å². The lowest BCUT2D eigenvalue weighted by Crippen LogP contribution is -2.00. The number of anilines is 1. The number of ether oxygens (including phenoxy) is 1. The zero-order chi connectivity index (χ0) is 13.3. The van der Waals surface area contributed by atoms with Crippen molar-refractivity contribution >= 4 is 40.6 Å². The van der Waals surface area contributed by atoms with E-state index in [4.69, 9.17) is 45.3 Å². The van der Waals surface area contributed by atoms with Gasteiger partial charge in [0.25, 0.3) is 0 Å². The summed E-state index contributed by atoms with van der Waals surface area (Å²) in [6.07, 6.45) is 0. The fraction of sp³-hybridized carbons (Fsp3) is 0.0909. The van der Waals surface area contributed by atoms with E-state index in [1.807, 2.05) is 0 Å². The van der Waals surface area contributed by atoms with Crippen LogP contribution in [-0.4, -0.2) is 9.97 Å². The van der Waals surface area contributed by atoms with Crippen molar-refractivity contribution in [3.05, 3.63) is 39.1 Å². The van der Waals surface area contributed by atoms with Gasteiger partial charge in [-0.3, -0.25) is 0 Å². The molecule has 4 nitrogen and oxygen atoms in total. The summed E-state index contributed by atoms with van der Waals surface area (Å²) in [4.78, 5) is 7.97. The Morgan fingerprint density at radius 1 is 1.17 bits per heavy atom. The average molecular weight is 305 g/mol. The van der Waals surface area contributed by atoms with E-state index >= 15 is 0 Å². The third kappa shape index (κ3) is 2.77. The molecular weight excluding hydrogens is 296 g/mol. The smallest absolute Gasteiger partial charge is 0.243 e. The Morgan fingerprint density at radius 3 is 2.56 bits per heavy atom. The minimum absolute atomic E-state index is 0.145. The van der Waals surface area contributed by atoms with E-state index in [1.165, 1.54) is 0 Å². The fourth-order valence-corrected chi connectivity index (χ4v) is 1.85. The first-order chi connectivity index (χ1) is 8.47. The summed E-state index contributed by atoms with van der Waals surface area (Å²) in [6.45, 7) is 1.68. The molecule has 0 aliphatic rings. The first-order valence-corrected chi connectivity index (χ1v) is 6.03. The van der Waals surface area contributed by atoms with Gasteiger partial charge in [0.2, 0.25) is 5.88 Å². The summed E-state index contributed by atoms with van der Waals surface area (Å²) in [6, 6.07) is 4.83. The Balaban J connectivity index is 2.40. The van der Waals surface area contributed by atoms with E-state index in [0.29, 0.717) is 21.6 Å². The van der Waals surface area contributed by atoms with Crippen molar-refractivity contribution < 1.29 is 4.74 Å². The van der Waals surface area contributed by atoms with Crippen LogP contribution in [0.2, 0.25) is 15.1 Å². The molecule has 0 fully saturated rings. The van der Waals surface area contributed by atoms with Gasteiger partial charge in [0.15, 0.2) is 0 Å². The number of nitrogen functional groups attached to an aromatic ring is 1. The van der Waals surface area contributed by atoms with Gasteiger partial charge in [-0.05, 0) is 25.1 Å². The van der Waals surface area contributed by atoms with Crippen molar-refractivity contribution in [1.82, 2.24) is 9.97 Å². The third-order valence-electron chi connectivity index (χ3n) is 2.06. The summed E-state index contributed by atoms with van der Waals surface area (Å²) in [5, 5.41) is 1.01. The lowest BCUT2D eigenvalue weighted by molar-refractivity contribution is 0.461. The van der Waals surface area contributed by atoms with Gasteiger partial charge < -0.3 is 10.5 Å². The Morgan fingerprint density at radius 2 is 1.89 bits per heavy atom. The zero-order valence-corrected chi connectivity index (χ0v) is 11.5. The first-order valence-electron chi connectivity index (χ1n) is 4.90. The molecule has 0 amide bonds. The van der Waals surface area contributed by atoms with E-state index in [0.717, 1.165) is 0 Å². The van der Waals surface area contributed by atoms with Crippen LogP contribution in [0.3, 0.4) is 0 Å².